The number of carbonyl (C=O) groups is 1. The lowest BCUT2D eigenvalue weighted by Gasteiger charge is -2.06. The molecule has 0 aromatic rings. The Morgan fingerprint density at radius 2 is 1.43 bits per heavy atom. The smallest absolute Gasteiger partial charge is 0.305 e. The van der Waals surface area contributed by atoms with Crippen molar-refractivity contribution in [2.75, 3.05) is 11.9 Å². The lowest BCUT2D eigenvalue weighted by molar-refractivity contribution is -0.143. The predicted molar refractivity (Wildman–Crippen MR) is 95.0 cm³/mol. The van der Waals surface area contributed by atoms with Crippen molar-refractivity contribution in [3.8, 4) is 0 Å². The van der Waals surface area contributed by atoms with E-state index < -0.39 is 0 Å². The molecule has 0 rings (SSSR count). The summed E-state index contributed by atoms with van der Waals surface area (Å²) >= 11 is 3.43. The van der Waals surface area contributed by atoms with Crippen LogP contribution in [0.1, 0.15) is 90.9 Å². The predicted octanol–water partition coefficient (Wildman–Crippen LogP) is 6.26. The van der Waals surface area contributed by atoms with Gasteiger partial charge in [-0.25, -0.2) is 0 Å². The van der Waals surface area contributed by atoms with Crippen LogP contribution < -0.4 is 0 Å². The number of ether oxygens (including phenoxy) is 1. The maximum Gasteiger partial charge on any atom is 0.305 e. The monoisotopic (exact) mass is 362 g/mol. The molecular formula is C18H35BrO2. The Bertz CT molecular complexity index is 229. The molecule has 126 valence electrons. The Kier molecular flexibility index (Phi) is 16.3. The Labute approximate surface area is 140 Å². The van der Waals surface area contributed by atoms with Gasteiger partial charge in [0.15, 0.2) is 0 Å². The topological polar surface area (TPSA) is 26.3 Å². The van der Waals surface area contributed by atoms with Crippen LogP contribution in [0, 0.1) is 5.92 Å². The van der Waals surface area contributed by atoms with Crippen LogP contribution in [0.4, 0.5) is 0 Å². The van der Waals surface area contributed by atoms with Gasteiger partial charge < -0.3 is 4.74 Å². The van der Waals surface area contributed by atoms with Crippen LogP contribution in [-0.4, -0.2) is 17.9 Å². The summed E-state index contributed by atoms with van der Waals surface area (Å²) in [5.41, 5.74) is 0. The van der Waals surface area contributed by atoms with Crippen molar-refractivity contribution in [2.24, 2.45) is 5.92 Å². The standard InChI is InChI=1S/C18H35BrO2/c1-17(2)13-9-5-4-8-12-16-21-18(20)14-10-6-3-7-11-15-19/h17H,3-16H2,1-2H3. The highest BCUT2D eigenvalue weighted by Crippen LogP contribution is 2.11. The van der Waals surface area contributed by atoms with Gasteiger partial charge in [0.2, 0.25) is 0 Å². The molecule has 0 aliphatic heterocycles. The molecule has 2 nitrogen and oxygen atoms in total. The van der Waals surface area contributed by atoms with Crippen LogP contribution in [0.15, 0.2) is 0 Å². The van der Waals surface area contributed by atoms with E-state index >= 15 is 0 Å². The molecule has 0 fully saturated rings. The number of unbranched alkanes of at least 4 members (excludes halogenated alkanes) is 8. The van der Waals surface area contributed by atoms with Crippen molar-refractivity contribution in [3.05, 3.63) is 0 Å². The van der Waals surface area contributed by atoms with Crippen molar-refractivity contribution >= 4 is 21.9 Å². The molecule has 0 atom stereocenters. The molecule has 0 aromatic carbocycles. The van der Waals surface area contributed by atoms with E-state index in [1.165, 1.54) is 51.4 Å². The molecule has 0 amide bonds. The highest BCUT2D eigenvalue weighted by Gasteiger charge is 2.02. The first kappa shape index (κ1) is 20.9. The fraction of sp³-hybridized carbons (Fsp3) is 0.944. The number of carbonyl (C=O) groups excluding carboxylic acids is 1. The van der Waals surface area contributed by atoms with Crippen LogP contribution in [-0.2, 0) is 9.53 Å². The van der Waals surface area contributed by atoms with Crippen LogP contribution in [0.25, 0.3) is 0 Å². The van der Waals surface area contributed by atoms with Crippen LogP contribution >= 0.6 is 15.9 Å². The van der Waals surface area contributed by atoms with Crippen molar-refractivity contribution in [1.29, 1.82) is 0 Å². The zero-order valence-electron chi connectivity index (χ0n) is 14.2. The third-order valence-electron chi connectivity index (χ3n) is 3.70. The molecule has 0 radical (unpaired) electrons. The summed E-state index contributed by atoms with van der Waals surface area (Å²) in [6, 6.07) is 0. The SMILES string of the molecule is CC(C)CCCCCCCOC(=O)CCCCCCCBr. The minimum Gasteiger partial charge on any atom is -0.466 e. The zero-order chi connectivity index (χ0) is 15.8. The first-order chi connectivity index (χ1) is 10.2. The number of hydrogen-bond donors (Lipinski definition) is 0. The van der Waals surface area contributed by atoms with Crippen LogP contribution in [0.3, 0.4) is 0 Å². The second-order valence-electron chi connectivity index (χ2n) is 6.38. The molecule has 0 saturated carbocycles. The average Bonchev–Trinajstić information content (AvgIpc) is 2.45. The van der Waals surface area contributed by atoms with Gasteiger partial charge in [-0.2, -0.15) is 0 Å². The number of hydrogen-bond acceptors (Lipinski definition) is 2. The molecule has 0 aromatic heterocycles. The molecule has 0 heterocycles. The average molecular weight is 363 g/mol. The van der Waals surface area contributed by atoms with Gasteiger partial charge in [0, 0.05) is 11.8 Å². The fourth-order valence-corrected chi connectivity index (χ4v) is 2.73. The summed E-state index contributed by atoms with van der Waals surface area (Å²) < 4.78 is 5.27. The molecule has 0 bridgehead atoms. The summed E-state index contributed by atoms with van der Waals surface area (Å²) in [6.45, 7) is 5.18. The molecule has 0 saturated heterocycles. The van der Waals surface area contributed by atoms with Gasteiger partial charge in [0.05, 0.1) is 6.61 Å². The van der Waals surface area contributed by atoms with E-state index in [2.05, 4.69) is 29.8 Å². The third-order valence-corrected chi connectivity index (χ3v) is 4.26. The molecule has 0 spiro atoms. The second-order valence-corrected chi connectivity index (χ2v) is 7.17. The Balaban J connectivity index is 3.16. The largest absolute Gasteiger partial charge is 0.466 e. The summed E-state index contributed by atoms with van der Waals surface area (Å²) in [4.78, 5) is 11.5. The molecule has 0 N–H and O–H groups in total. The van der Waals surface area contributed by atoms with Gasteiger partial charge in [-0.3, -0.25) is 4.79 Å². The molecule has 0 aliphatic rings. The van der Waals surface area contributed by atoms with E-state index in [1.54, 1.807) is 0 Å². The summed E-state index contributed by atoms with van der Waals surface area (Å²) in [7, 11) is 0. The number of halogens is 1. The van der Waals surface area contributed by atoms with Crippen LogP contribution in [0.2, 0.25) is 0 Å². The maximum absolute atomic E-state index is 11.5. The van der Waals surface area contributed by atoms with Gasteiger partial charge in [0.25, 0.3) is 0 Å². The zero-order valence-corrected chi connectivity index (χ0v) is 15.8. The molecular weight excluding hydrogens is 328 g/mol. The summed E-state index contributed by atoms with van der Waals surface area (Å²) in [6.07, 6.45) is 14.0. The highest BCUT2D eigenvalue weighted by molar-refractivity contribution is 9.09. The normalized spacial score (nSPS) is 11.0. The number of alkyl halides is 1. The number of esters is 1. The summed E-state index contributed by atoms with van der Waals surface area (Å²) in [5.74, 6) is 0.820. The van der Waals surface area contributed by atoms with Gasteiger partial charge in [-0.15, -0.1) is 0 Å². The molecule has 21 heavy (non-hydrogen) atoms. The lowest BCUT2D eigenvalue weighted by atomic mass is 10.0. The van der Waals surface area contributed by atoms with E-state index in [1.807, 2.05) is 0 Å². The van der Waals surface area contributed by atoms with Gasteiger partial charge in [0.1, 0.15) is 0 Å². The van der Waals surface area contributed by atoms with Crippen molar-refractivity contribution in [2.45, 2.75) is 90.9 Å². The first-order valence-electron chi connectivity index (χ1n) is 8.88. The second kappa shape index (κ2) is 16.3. The first-order valence-corrected chi connectivity index (χ1v) is 10.0. The summed E-state index contributed by atoms with van der Waals surface area (Å²) in [5, 5.41) is 1.09. The highest BCUT2D eigenvalue weighted by atomic mass is 79.9. The van der Waals surface area contributed by atoms with E-state index in [4.69, 9.17) is 4.74 Å². The van der Waals surface area contributed by atoms with Gasteiger partial charge >= 0.3 is 5.97 Å². The van der Waals surface area contributed by atoms with Gasteiger partial charge in [-0.1, -0.05) is 81.1 Å². The van der Waals surface area contributed by atoms with Crippen molar-refractivity contribution < 1.29 is 9.53 Å². The third kappa shape index (κ3) is 17.9. The Hall–Kier alpha value is -0.0500. The quantitative estimate of drug-likeness (QED) is 0.195. The fourth-order valence-electron chi connectivity index (χ4n) is 2.34. The van der Waals surface area contributed by atoms with E-state index in [9.17, 15) is 4.79 Å². The van der Waals surface area contributed by atoms with Crippen molar-refractivity contribution in [1.82, 2.24) is 0 Å². The number of rotatable bonds is 15. The minimum atomic E-state index is -0.00435. The molecule has 0 aliphatic carbocycles. The maximum atomic E-state index is 11.5. The lowest BCUT2D eigenvalue weighted by Crippen LogP contribution is -2.05. The Morgan fingerprint density at radius 3 is 2.10 bits per heavy atom. The minimum absolute atomic E-state index is 0.00435. The van der Waals surface area contributed by atoms with E-state index in [0.717, 1.165) is 30.5 Å². The molecule has 0 unspecified atom stereocenters. The van der Waals surface area contributed by atoms with Gasteiger partial charge in [-0.05, 0) is 25.2 Å². The molecule has 3 heteroatoms. The van der Waals surface area contributed by atoms with E-state index in [0.29, 0.717) is 13.0 Å². The van der Waals surface area contributed by atoms with E-state index in [-0.39, 0.29) is 5.97 Å². The Morgan fingerprint density at radius 1 is 0.857 bits per heavy atom. The van der Waals surface area contributed by atoms with Crippen LogP contribution in [0.5, 0.6) is 0 Å². The van der Waals surface area contributed by atoms with Crippen molar-refractivity contribution in [3.63, 3.8) is 0 Å².